The molecule has 3 aromatic rings. The summed E-state index contributed by atoms with van der Waals surface area (Å²) in [6.45, 7) is 7.66. The Morgan fingerprint density at radius 2 is 1.71 bits per heavy atom. The molecule has 0 saturated carbocycles. The summed E-state index contributed by atoms with van der Waals surface area (Å²) in [7, 11) is 1.50. The molecule has 1 unspecified atom stereocenters. The minimum Gasteiger partial charge on any atom is -0.492 e. The first-order valence-electron chi connectivity index (χ1n) is 12.9. The largest absolute Gasteiger partial charge is 0.492 e. The highest BCUT2D eigenvalue weighted by atomic mass is 16.5. The van der Waals surface area contributed by atoms with E-state index in [1.807, 2.05) is 68.6 Å². The van der Waals surface area contributed by atoms with Crippen LogP contribution in [0.3, 0.4) is 0 Å². The number of methoxy groups -OCH3 is 1. The molecule has 1 aliphatic heterocycles. The molecule has 1 amide bonds. The van der Waals surface area contributed by atoms with Crippen LogP contribution in [0.15, 0.2) is 60.9 Å². The van der Waals surface area contributed by atoms with Crippen LogP contribution in [-0.4, -0.2) is 89.1 Å². The summed E-state index contributed by atoms with van der Waals surface area (Å²) in [6.07, 6.45) is 3.73. The third-order valence-electron chi connectivity index (χ3n) is 6.69. The van der Waals surface area contributed by atoms with Crippen LogP contribution in [0.1, 0.15) is 17.0 Å². The van der Waals surface area contributed by atoms with E-state index in [0.29, 0.717) is 38.5 Å². The van der Waals surface area contributed by atoms with Gasteiger partial charge in [-0.25, -0.2) is 4.98 Å². The van der Waals surface area contributed by atoms with E-state index in [4.69, 9.17) is 14.2 Å². The molecule has 1 fully saturated rings. The Morgan fingerprint density at radius 1 is 1.00 bits per heavy atom. The standard InChI is InChI=1S/C29H38N4O5/c1-23-4-8-27(9-5-23)38-22-29(35)20-31(14-15-33(21-29)28(34)19-36-3)18-25-6-10-26(11-7-25)37-17-16-32-13-12-30-24(32)2/h4-13,35H,14-22H2,1-3H3. The number of hydrogen-bond acceptors (Lipinski definition) is 7. The van der Waals surface area contributed by atoms with Gasteiger partial charge in [-0.1, -0.05) is 29.8 Å². The molecule has 0 bridgehead atoms. The van der Waals surface area contributed by atoms with Gasteiger partial charge in [0.25, 0.3) is 0 Å². The molecule has 2 heterocycles. The normalized spacial score (nSPS) is 18.3. The van der Waals surface area contributed by atoms with Crippen LogP contribution in [-0.2, 0) is 22.6 Å². The maximum atomic E-state index is 12.6. The number of carbonyl (C=O) groups excluding carboxylic acids is 1. The van der Waals surface area contributed by atoms with Gasteiger partial charge in [0.1, 0.15) is 42.7 Å². The second-order valence-electron chi connectivity index (χ2n) is 9.95. The van der Waals surface area contributed by atoms with Gasteiger partial charge in [0.15, 0.2) is 0 Å². The van der Waals surface area contributed by atoms with Crippen molar-refractivity contribution in [2.24, 2.45) is 0 Å². The van der Waals surface area contributed by atoms with E-state index >= 15 is 0 Å². The second kappa shape index (κ2) is 12.9. The van der Waals surface area contributed by atoms with Gasteiger partial charge in [-0.3, -0.25) is 9.69 Å². The van der Waals surface area contributed by atoms with E-state index < -0.39 is 5.60 Å². The van der Waals surface area contributed by atoms with Crippen molar-refractivity contribution in [3.63, 3.8) is 0 Å². The average Bonchev–Trinajstić information content (AvgIpc) is 3.23. The zero-order valence-electron chi connectivity index (χ0n) is 22.5. The van der Waals surface area contributed by atoms with E-state index in [1.54, 1.807) is 11.1 Å². The lowest BCUT2D eigenvalue weighted by Gasteiger charge is -2.33. The summed E-state index contributed by atoms with van der Waals surface area (Å²) < 4.78 is 19.0. The van der Waals surface area contributed by atoms with Gasteiger partial charge in [0.05, 0.1) is 13.1 Å². The zero-order valence-corrected chi connectivity index (χ0v) is 22.5. The number of aryl methyl sites for hydroxylation is 2. The molecule has 2 aromatic carbocycles. The van der Waals surface area contributed by atoms with Crippen molar-refractivity contribution in [3.05, 3.63) is 77.9 Å². The molecule has 9 heteroatoms. The van der Waals surface area contributed by atoms with Crippen LogP contribution in [0, 0.1) is 13.8 Å². The summed E-state index contributed by atoms with van der Waals surface area (Å²) in [5, 5.41) is 11.6. The van der Waals surface area contributed by atoms with E-state index in [9.17, 15) is 9.90 Å². The lowest BCUT2D eigenvalue weighted by Crippen LogP contribution is -2.52. The molecular formula is C29H38N4O5. The fourth-order valence-corrected chi connectivity index (χ4v) is 4.60. The number of aliphatic hydroxyl groups is 1. The predicted molar refractivity (Wildman–Crippen MR) is 144 cm³/mol. The minimum absolute atomic E-state index is 0.0171. The number of nitrogens with zero attached hydrogens (tertiary/aromatic N) is 4. The van der Waals surface area contributed by atoms with Crippen molar-refractivity contribution in [1.29, 1.82) is 0 Å². The number of rotatable bonds is 11. The van der Waals surface area contributed by atoms with Crippen molar-refractivity contribution in [3.8, 4) is 11.5 Å². The first-order valence-corrected chi connectivity index (χ1v) is 12.9. The monoisotopic (exact) mass is 522 g/mol. The smallest absolute Gasteiger partial charge is 0.248 e. The number of aromatic nitrogens is 2. The fourth-order valence-electron chi connectivity index (χ4n) is 4.60. The molecule has 0 radical (unpaired) electrons. The highest BCUT2D eigenvalue weighted by Crippen LogP contribution is 2.21. The highest BCUT2D eigenvalue weighted by molar-refractivity contribution is 5.77. The van der Waals surface area contributed by atoms with Gasteiger partial charge in [-0.05, 0) is 43.7 Å². The van der Waals surface area contributed by atoms with Gasteiger partial charge in [0, 0.05) is 45.7 Å². The molecule has 0 aliphatic carbocycles. The third-order valence-corrected chi connectivity index (χ3v) is 6.69. The van der Waals surface area contributed by atoms with Crippen LogP contribution in [0.2, 0.25) is 0 Å². The Balaban J connectivity index is 1.37. The highest BCUT2D eigenvalue weighted by Gasteiger charge is 2.37. The Morgan fingerprint density at radius 3 is 2.39 bits per heavy atom. The summed E-state index contributed by atoms with van der Waals surface area (Å²) in [5.74, 6) is 2.32. The molecule has 4 rings (SSSR count). The van der Waals surface area contributed by atoms with Crippen molar-refractivity contribution < 1.29 is 24.1 Å². The lowest BCUT2D eigenvalue weighted by molar-refractivity contribution is -0.138. The summed E-state index contributed by atoms with van der Waals surface area (Å²) in [6, 6.07) is 15.7. The number of carbonyl (C=O) groups is 1. The minimum atomic E-state index is -1.24. The van der Waals surface area contributed by atoms with Crippen molar-refractivity contribution >= 4 is 5.91 Å². The molecule has 204 valence electrons. The Kier molecular flexibility index (Phi) is 9.38. The fraction of sp³-hybridized carbons (Fsp3) is 0.448. The van der Waals surface area contributed by atoms with E-state index in [0.717, 1.165) is 29.2 Å². The summed E-state index contributed by atoms with van der Waals surface area (Å²) in [5.41, 5.74) is 0.998. The van der Waals surface area contributed by atoms with Crippen LogP contribution in [0.4, 0.5) is 0 Å². The number of imidazole rings is 1. The lowest BCUT2D eigenvalue weighted by atomic mass is 10.0. The zero-order chi connectivity index (χ0) is 27.0. The average molecular weight is 523 g/mol. The molecule has 38 heavy (non-hydrogen) atoms. The SMILES string of the molecule is COCC(=O)N1CCN(Cc2ccc(OCCn3ccnc3C)cc2)CC(O)(COc2ccc(C)cc2)C1. The van der Waals surface area contributed by atoms with Crippen molar-refractivity contribution in [1.82, 2.24) is 19.4 Å². The van der Waals surface area contributed by atoms with E-state index in [1.165, 1.54) is 7.11 Å². The maximum absolute atomic E-state index is 12.6. The molecular weight excluding hydrogens is 484 g/mol. The second-order valence-corrected chi connectivity index (χ2v) is 9.95. The van der Waals surface area contributed by atoms with E-state index in [2.05, 4.69) is 14.5 Å². The first-order chi connectivity index (χ1) is 18.3. The number of ether oxygens (including phenoxy) is 3. The number of β-amino-alcohol motifs (C(OH)–C–C–N with tert-alkyl or cyclic N) is 1. The van der Waals surface area contributed by atoms with Crippen molar-refractivity contribution in [2.45, 2.75) is 32.5 Å². The Bertz CT molecular complexity index is 1160. The molecule has 0 spiro atoms. The van der Waals surface area contributed by atoms with Gasteiger partial charge < -0.3 is 28.8 Å². The molecule has 1 atom stereocenters. The molecule has 1 aliphatic rings. The van der Waals surface area contributed by atoms with Crippen LogP contribution < -0.4 is 9.47 Å². The Hall–Kier alpha value is -3.40. The molecule has 1 aromatic heterocycles. The number of benzene rings is 2. The molecule has 9 nitrogen and oxygen atoms in total. The number of amides is 1. The maximum Gasteiger partial charge on any atom is 0.248 e. The van der Waals surface area contributed by atoms with Crippen LogP contribution in [0.25, 0.3) is 0 Å². The quantitative estimate of drug-likeness (QED) is 0.414. The van der Waals surface area contributed by atoms with E-state index in [-0.39, 0.29) is 25.7 Å². The van der Waals surface area contributed by atoms with Gasteiger partial charge in [-0.2, -0.15) is 0 Å². The summed E-state index contributed by atoms with van der Waals surface area (Å²) >= 11 is 0. The van der Waals surface area contributed by atoms with Crippen molar-refractivity contribution in [2.75, 3.05) is 53.1 Å². The van der Waals surface area contributed by atoms with Crippen LogP contribution in [0.5, 0.6) is 11.5 Å². The topological polar surface area (TPSA) is 89.3 Å². The van der Waals surface area contributed by atoms with Gasteiger partial charge in [0.2, 0.25) is 5.91 Å². The van der Waals surface area contributed by atoms with Crippen LogP contribution >= 0.6 is 0 Å². The molecule has 1 saturated heterocycles. The summed E-state index contributed by atoms with van der Waals surface area (Å²) in [4.78, 5) is 20.7. The molecule has 1 N–H and O–H groups in total. The number of hydrogen-bond donors (Lipinski definition) is 1. The third kappa shape index (κ3) is 7.80. The van der Waals surface area contributed by atoms with Gasteiger partial charge >= 0.3 is 0 Å². The Labute approximate surface area is 224 Å². The first kappa shape index (κ1) is 27.6. The predicted octanol–water partition coefficient (Wildman–Crippen LogP) is 2.68. The van der Waals surface area contributed by atoms with Gasteiger partial charge in [-0.15, -0.1) is 0 Å².